The second kappa shape index (κ2) is 7.82. The lowest BCUT2D eigenvalue weighted by atomic mass is 9.95. The van der Waals surface area contributed by atoms with Crippen LogP contribution >= 0.6 is 0 Å². The van der Waals surface area contributed by atoms with Gasteiger partial charge in [0.05, 0.1) is 6.20 Å². The lowest BCUT2D eigenvalue weighted by molar-refractivity contribution is -0.119. The number of piperidine rings is 1. The molecule has 0 aromatic carbocycles. The fraction of sp³-hybridized carbons (Fsp3) is 0.667. The molecule has 7 heteroatoms. The van der Waals surface area contributed by atoms with Crippen molar-refractivity contribution in [3.8, 4) is 0 Å². The molecule has 1 aromatic heterocycles. The number of rotatable bonds is 5. The van der Waals surface area contributed by atoms with Crippen molar-refractivity contribution in [3.63, 3.8) is 0 Å². The lowest BCUT2D eigenvalue weighted by Gasteiger charge is -2.34. The van der Waals surface area contributed by atoms with Crippen LogP contribution in [0, 0.1) is 5.92 Å². The van der Waals surface area contributed by atoms with Gasteiger partial charge in [0, 0.05) is 46.3 Å². The summed E-state index contributed by atoms with van der Waals surface area (Å²) in [4.78, 5) is 17.7. The predicted molar refractivity (Wildman–Crippen MR) is 86.4 cm³/mol. The van der Waals surface area contributed by atoms with Crippen LogP contribution < -0.4 is 11.1 Å². The molecule has 0 saturated carbocycles. The third kappa shape index (κ3) is 4.75. The van der Waals surface area contributed by atoms with Crippen molar-refractivity contribution in [2.75, 3.05) is 26.7 Å². The summed E-state index contributed by atoms with van der Waals surface area (Å²) in [7, 11) is 3.71. The van der Waals surface area contributed by atoms with Crippen LogP contribution in [0.15, 0.2) is 17.4 Å². The van der Waals surface area contributed by atoms with Crippen molar-refractivity contribution in [3.05, 3.63) is 18.0 Å². The van der Waals surface area contributed by atoms with Gasteiger partial charge in [-0.3, -0.25) is 14.5 Å². The van der Waals surface area contributed by atoms with Gasteiger partial charge < -0.3 is 16.0 Å². The SMILES string of the molecule is CN=C(NCCc1cnn(C)c1)N1CCCC(CC(N)=O)C1. The van der Waals surface area contributed by atoms with Crippen molar-refractivity contribution in [2.24, 2.45) is 23.7 Å². The van der Waals surface area contributed by atoms with Gasteiger partial charge in [-0.15, -0.1) is 0 Å². The summed E-state index contributed by atoms with van der Waals surface area (Å²) in [6, 6.07) is 0. The zero-order valence-corrected chi connectivity index (χ0v) is 13.5. The molecule has 1 aromatic rings. The maximum atomic E-state index is 11.1. The van der Waals surface area contributed by atoms with Crippen LogP contribution in [0.4, 0.5) is 0 Å². The Morgan fingerprint density at radius 3 is 3.05 bits per heavy atom. The summed E-state index contributed by atoms with van der Waals surface area (Å²) in [5, 5.41) is 7.56. The molecular formula is C15H26N6O. The maximum absolute atomic E-state index is 11.1. The molecule has 0 aliphatic carbocycles. The van der Waals surface area contributed by atoms with Gasteiger partial charge in [-0.25, -0.2) is 0 Å². The van der Waals surface area contributed by atoms with Gasteiger partial charge in [0.1, 0.15) is 0 Å². The molecule has 1 amide bonds. The smallest absolute Gasteiger partial charge is 0.217 e. The number of nitrogens with two attached hydrogens (primary N) is 1. The Morgan fingerprint density at radius 2 is 2.41 bits per heavy atom. The van der Waals surface area contributed by atoms with Crippen molar-refractivity contribution in [2.45, 2.75) is 25.7 Å². The van der Waals surface area contributed by atoms with Crippen molar-refractivity contribution in [1.29, 1.82) is 0 Å². The largest absolute Gasteiger partial charge is 0.370 e. The fourth-order valence-corrected chi connectivity index (χ4v) is 2.96. The number of carbonyl (C=O) groups is 1. The Morgan fingerprint density at radius 1 is 1.59 bits per heavy atom. The van der Waals surface area contributed by atoms with Crippen LogP contribution in [0.5, 0.6) is 0 Å². The van der Waals surface area contributed by atoms with Crippen LogP contribution in [0.1, 0.15) is 24.8 Å². The first-order valence-corrected chi connectivity index (χ1v) is 7.80. The van der Waals surface area contributed by atoms with E-state index in [0.29, 0.717) is 12.3 Å². The summed E-state index contributed by atoms with van der Waals surface area (Å²) < 4.78 is 1.81. The molecule has 122 valence electrons. The van der Waals surface area contributed by atoms with E-state index in [1.165, 1.54) is 5.56 Å². The summed E-state index contributed by atoms with van der Waals surface area (Å²) in [6.07, 6.45) is 7.41. The molecule has 1 aliphatic heterocycles. The highest BCUT2D eigenvalue weighted by atomic mass is 16.1. The first-order valence-electron chi connectivity index (χ1n) is 7.80. The normalized spacial score (nSPS) is 19.3. The molecule has 2 rings (SSSR count). The standard InChI is InChI=1S/C15H26N6O/c1-17-15(18-6-5-13-9-19-20(2)10-13)21-7-3-4-12(11-21)8-14(16)22/h9-10,12H,3-8,11H2,1-2H3,(H2,16,22)(H,17,18). The molecule has 0 spiro atoms. The van der Waals surface area contributed by atoms with Crippen LogP contribution in [0.25, 0.3) is 0 Å². The quantitative estimate of drug-likeness (QED) is 0.597. The molecule has 1 aliphatic rings. The molecule has 3 N–H and O–H groups in total. The molecular weight excluding hydrogens is 280 g/mol. The molecule has 1 saturated heterocycles. The number of aromatic nitrogens is 2. The van der Waals surface area contributed by atoms with E-state index < -0.39 is 0 Å². The second-order valence-electron chi connectivity index (χ2n) is 5.87. The van der Waals surface area contributed by atoms with Gasteiger partial charge in [0.15, 0.2) is 5.96 Å². The molecule has 0 radical (unpaired) electrons. The summed E-state index contributed by atoms with van der Waals surface area (Å²) in [5.74, 6) is 1.02. The Labute approximate surface area is 131 Å². The van der Waals surface area contributed by atoms with Crippen molar-refractivity contribution in [1.82, 2.24) is 20.0 Å². The third-order valence-electron chi connectivity index (χ3n) is 3.98. The Hall–Kier alpha value is -2.05. The molecule has 1 atom stereocenters. The first kappa shape index (κ1) is 16.3. The van der Waals surface area contributed by atoms with Crippen molar-refractivity contribution < 1.29 is 4.79 Å². The fourth-order valence-electron chi connectivity index (χ4n) is 2.96. The molecule has 1 unspecified atom stereocenters. The number of carbonyl (C=O) groups excluding carboxylic acids is 1. The zero-order valence-electron chi connectivity index (χ0n) is 13.5. The van der Waals surface area contributed by atoms with Crippen LogP contribution in [0.3, 0.4) is 0 Å². The predicted octanol–water partition coefficient (Wildman–Crippen LogP) is 0.125. The van der Waals surface area contributed by atoms with Gasteiger partial charge in [0.25, 0.3) is 0 Å². The number of hydrogen-bond donors (Lipinski definition) is 2. The Balaban J connectivity index is 1.81. The number of aliphatic imine (C=N–C) groups is 1. The number of nitrogens with zero attached hydrogens (tertiary/aromatic N) is 4. The van der Waals surface area contributed by atoms with E-state index in [1.807, 2.05) is 24.1 Å². The number of nitrogens with one attached hydrogen (secondary N) is 1. The van der Waals surface area contributed by atoms with Gasteiger partial charge in [-0.1, -0.05) is 0 Å². The number of likely N-dealkylation sites (tertiary alicyclic amines) is 1. The van der Waals surface area contributed by atoms with Gasteiger partial charge in [-0.2, -0.15) is 5.10 Å². The first-order chi connectivity index (χ1) is 10.6. The molecule has 0 bridgehead atoms. The maximum Gasteiger partial charge on any atom is 0.217 e. The average molecular weight is 306 g/mol. The highest BCUT2D eigenvalue weighted by Gasteiger charge is 2.23. The monoisotopic (exact) mass is 306 g/mol. The van der Waals surface area contributed by atoms with Crippen LogP contribution in [-0.2, 0) is 18.3 Å². The van der Waals surface area contributed by atoms with Gasteiger partial charge >= 0.3 is 0 Å². The molecule has 2 heterocycles. The Kier molecular flexibility index (Phi) is 5.80. The summed E-state index contributed by atoms with van der Waals surface area (Å²) in [5.41, 5.74) is 6.52. The van der Waals surface area contributed by atoms with E-state index in [2.05, 4.69) is 20.3 Å². The second-order valence-corrected chi connectivity index (χ2v) is 5.87. The highest BCUT2D eigenvalue weighted by Crippen LogP contribution is 2.19. The summed E-state index contributed by atoms with van der Waals surface area (Å²) >= 11 is 0. The zero-order chi connectivity index (χ0) is 15.9. The number of amides is 1. The van der Waals surface area contributed by atoms with Crippen LogP contribution in [0.2, 0.25) is 0 Å². The van der Waals surface area contributed by atoms with E-state index in [9.17, 15) is 4.79 Å². The third-order valence-corrected chi connectivity index (χ3v) is 3.98. The lowest BCUT2D eigenvalue weighted by Crippen LogP contribution is -2.47. The Bertz CT molecular complexity index is 524. The number of guanidine groups is 1. The highest BCUT2D eigenvalue weighted by molar-refractivity contribution is 5.80. The molecule has 22 heavy (non-hydrogen) atoms. The number of primary amides is 1. The number of hydrogen-bond acceptors (Lipinski definition) is 3. The minimum absolute atomic E-state index is 0.216. The molecule has 1 fully saturated rings. The van der Waals surface area contributed by atoms with E-state index in [-0.39, 0.29) is 5.91 Å². The topological polar surface area (TPSA) is 88.5 Å². The van der Waals surface area contributed by atoms with Crippen LogP contribution in [-0.4, -0.2) is 53.2 Å². The average Bonchev–Trinajstić information content (AvgIpc) is 2.89. The van der Waals surface area contributed by atoms with E-state index in [4.69, 9.17) is 5.73 Å². The van der Waals surface area contributed by atoms with Gasteiger partial charge in [-0.05, 0) is 30.7 Å². The van der Waals surface area contributed by atoms with E-state index >= 15 is 0 Å². The van der Waals surface area contributed by atoms with E-state index in [0.717, 1.165) is 44.9 Å². The summed E-state index contributed by atoms with van der Waals surface area (Å²) in [6.45, 7) is 2.63. The van der Waals surface area contributed by atoms with Crippen molar-refractivity contribution >= 4 is 11.9 Å². The van der Waals surface area contributed by atoms with Gasteiger partial charge in [0.2, 0.25) is 5.91 Å². The minimum atomic E-state index is -0.216. The molecule has 7 nitrogen and oxygen atoms in total. The van der Waals surface area contributed by atoms with E-state index in [1.54, 1.807) is 7.05 Å². The minimum Gasteiger partial charge on any atom is -0.370 e. The number of aryl methyl sites for hydroxylation is 1.